The Morgan fingerprint density at radius 1 is 1.47 bits per heavy atom. The highest BCUT2D eigenvalue weighted by Gasteiger charge is 2.30. The molecule has 1 unspecified atom stereocenters. The number of ketones is 1. The molecule has 1 aliphatic rings. The molecule has 5 nitrogen and oxygen atoms in total. The van der Waals surface area contributed by atoms with Gasteiger partial charge in [-0.3, -0.25) is 9.59 Å². The highest BCUT2D eigenvalue weighted by molar-refractivity contribution is 6.03. The summed E-state index contributed by atoms with van der Waals surface area (Å²) < 4.78 is 5.63. The van der Waals surface area contributed by atoms with E-state index in [-0.39, 0.29) is 23.5 Å². The predicted molar refractivity (Wildman–Crippen MR) is 71.3 cm³/mol. The number of carbonyl (C=O) groups excluding carboxylic acids is 2. The third kappa shape index (κ3) is 2.30. The number of carbonyl (C=O) groups is 2. The molecule has 2 N–H and O–H groups in total. The molecular weight excluding hydrogens is 244 g/mol. The number of hydrogen-bond acceptors (Lipinski definition) is 4. The highest BCUT2D eigenvalue weighted by Crippen LogP contribution is 2.30. The van der Waals surface area contributed by atoms with Crippen LogP contribution < -0.4 is 5.73 Å². The van der Waals surface area contributed by atoms with Crippen molar-refractivity contribution in [1.82, 2.24) is 4.90 Å². The Bertz CT molecular complexity index is 519. The van der Waals surface area contributed by atoms with Crippen LogP contribution in [0, 0.1) is 6.92 Å². The lowest BCUT2D eigenvalue weighted by atomic mass is 9.94. The molecular formula is C14H20N2O3. The lowest BCUT2D eigenvalue weighted by Gasteiger charge is -2.22. The fourth-order valence-electron chi connectivity index (χ4n) is 2.37. The average Bonchev–Trinajstić information content (AvgIpc) is 2.74. The van der Waals surface area contributed by atoms with Gasteiger partial charge < -0.3 is 15.1 Å². The molecule has 0 saturated carbocycles. The molecule has 0 spiro atoms. The van der Waals surface area contributed by atoms with Crippen LogP contribution >= 0.6 is 0 Å². The number of amides is 1. The van der Waals surface area contributed by atoms with Crippen LogP contribution in [0.25, 0.3) is 0 Å². The number of furan rings is 1. The molecule has 0 radical (unpaired) electrons. The molecule has 104 valence electrons. The van der Waals surface area contributed by atoms with Crippen LogP contribution in [0.2, 0.25) is 0 Å². The van der Waals surface area contributed by atoms with Crippen LogP contribution in [0.5, 0.6) is 0 Å². The third-order valence-corrected chi connectivity index (χ3v) is 3.82. The van der Waals surface area contributed by atoms with Gasteiger partial charge in [0.2, 0.25) is 0 Å². The Balaban J connectivity index is 2.36. The molecule has 1 aromatic rings. The van der Waals surface area contributed by atoms with Gasteiger partial charge >= 0.3 is 0 Å². The topological polar surface area (TPSA) is 76.5 Å². The van der Waals surface area contributed by atoms with Crippen LogP contribution in [0.4, 0.5) is 0 Å². The third-order valence-electron chi connectivity index (χ3n) is 3.82. The standard InChI is InChI=1S/C14H20N2O3/c1-8(7-15)16(3)14(18)13-9(2)12-10(17)5-4-6-11(12)19-13/h8H,4-7,15H2,1-3H3. The monoisotopic (exact) mass is 264 g/mol. The number of hydrogen-bond donors (Lipinski definition) is 1. The second-order valence-corrected chi connectivity index (χ2v) is 5.13. The van der Waals surface area contributed by atoms with Crippen LogP contribution in [-0.2, 0) is 6.42 Å². The van der Waals surface area contributed by atoms with Crippen molar-refractivity contribution in [3.63, 3.8) is 0 Å². The summed E-state index contributed by atoms with van der Waals surface area (Å²) in [5.41, 5.74) is 6.85. The van der Waals surface area contributed by atoms with Crippen molar-refractivity contribution in [2.45, 2.75) is 39.2 Å². The summed E-state index contributed by atoms with van der Waals surface area (Å²) in [6.07, 6.45) is 2.06. The van der Waals surface area contributed by atoms with E-state index in [2.05, 4.69) is 0 Å². The maximum atomic E-state index is 12.4. The van der Waals surface area contributed by atoms with Gasteiger partial charge in [-0.1, -0.05) is 0 Å². The van der Waals surface area contributed by atoms with E-state index in [4.69, 9.17) is 10.2 Å². The summed E-state index contributed by atoms with van der Waals surface area (Å²) in [5, 5.41) is 0. The summed E-state index contributed by atoms with van der Waals surface area (Å²) in [4.78, 5) is 25.8. The molecule has 1 amide bonds. The fourth-order valence-corrected chi connectivity index (χ4v) is 2.37. The van der Waals surface area contributed by atoms with Gasteiger partial charge in [0.15, 0.2) is 11.5 Å². The molecule has 0 aromatic carbocycles. The van der Waals surface area contributed by atoms with Gasteiger partial charge in [0.25, 0.3) is 5.91 Å². The van der Waals surface area contributed by atoms with Gasteiger partial charge in [0, 0.05) is 38.0 Å². The van der Waals surface area contributed by atoms with Gasteiger partial charge in [-0.2, -0.15) is 0 Å². The summed E-state index contributed by atoms with van der Waals surface area (Å²) in [7, 11) is 1.70. The number of fused-ring (bicyclic) bond motifs is 1. The lowest BCUT2D eigenvalue weighted by Crippen LogP contribution is -2.39. The number of nitrogens with zero attached hydrogens (tertiary/aromatic N) is 1. The first-order valence-electron chi connectivity index (χ1n) is 6.60. The second kappa shape index (κ2) is 5.17. The largest absolute Gasteiger partial charge is 0.455 e. The van der Waals surface area contributed by atoms with Gasteiger partial charge in [0.1, 0.15) is 5.76 Å². The number of likely N-dealkylation sites (N-methyl/N-ethyl adjacent to an activating group) is 1. The van der Waals surface area contributed by atoms with Crippen molar-refractivity contribution < 1.29 is 14.0 Å². The fraction of sp³-hybridized carbons (Fsp3) is 0.571. The first-order chi connectivity index (χ1) is 8.97. The normalized spacial score (nSPS) is 16.1. The minimum absolute atomic E-state index is 0.0651. The SMILES string of the molecule is Cc1c(C(=O)N(C)C(C)CN)oc2c1C(=O)CCC2. The zero-order chi connectivity index (χ0) is 14.2. The Morgan fingerprint density at radius 2 is 2.16 bits per heavy atom. The Labute approximate surface area is 112 Å². The Hall–Kier alpha value is -1.62. The van der Waals surface area contributed by atoms with E-state index in [0.29, 0.717) is 29.9 Å². The summed E-state index contributed by atoms with van der Waals surface area (Å²) >= 11 is 0. The van der Waals surface area contributed by atoms with E-state index in [1.54, 1.807) is 18.9 Å². The van der Waals surface area contributed by atoms with E-state index in [1.165, 1.54) is 0 Å². The zero-order valence-electron chi connectivity index (χ0n) is 11.7. The van der Waals surface area contributed by atoms with Gasteiger partial charge in [-0.15, -0.1) is 0 Å². The first-order valence-corrected chi connectivity index (χ1v) is 6.60. The van der Waals surface area contributed by atoms with Crippen molar-refractivity contribution in [3.05, 3.63) is 22.6 Å². The summed E-state index contributed by atoms with van der Waals surface area (Å²) in [6, 6.07) is -0.0651. The van der Waals surface area contributed by atoms with Crippen molar-refractivity contribution in [3.8, 4) is 0 Å². The molecule has 1 aliphatic carbocycles. The maximum Gasteiger partial charge on any atom is 0.289 e. The van der Waals surface area contributed by atoms with Crippen LogP contribution in [0.1, 0.15) is 52.0 Å². The Kier molecular flexibility index (Phi) is 3.75. The average molecular weight is 264 g/mol. The molecule has 2 rings (SSSR count). The smallest absolute Gasteiger partial charge is 0.289 e. The van der Waals surface area contributed by atoms with Crippen LogP contribution in [0.15, 0.2) is 4.42 Å². The Morgan fingerprint density at radius 3 is 2.74 bits per heavy atom. The zero-order valence-corrected chi connectivity index (χ0v) is 11.7. The molecule has 1 atom stereocenters. The predicted octanol–water partition coefficient (Wildman–Crippen LogP) is 1.53. The van der Waals surface area contributed by atoms with Crippen LogP contribution in [0.3, 0.4) is 0 Å². The maximum absolute atomic E-state index is 12.4. The van der Waals surface area contributed by atoms with Crippen molar-refractivity contribution in [1.29, 1.82) is 0 Å². The number of Topliss-reactive ketones (excluding diaryl/α,β-unsaturated/α-hetero) is 1. The highest BCUT2D eigenvalue weighted by atomic mass is 16.4. The molecule has 5 heteroatoms. The first kappa shape index (κ1) is 13.8. The molecule has 1 aromatic heterocycles. The van der Waals surface area contributed by atoms with Gasteiger partial charge in [0.05, 0.1) is 5.56 Å². The van der Waals surface area contributed by atoms with E-state index in [9.17, 15) is 9.59 Å². The van der Waals surface area contributed by atoms with Crippen molar-refractivity contribution in [2.24, 2.45) is 5.73 Å². The van der Waals surface area contributed by atoms with Gasteiger partial charge in [-0.05, 0) is 20.3 Å². The van der Waals surface area contributed by atoms with E-state index in [0.717, 1.165) is 12.8 Å². The van der Waals surface area contributed by atoms with Crippen molar-refractivity contribution in [2.75, 3.05) is 13.6 Å². The minimum atomic E-state index is -0.211. The van der Waals surface area contributed by atoms with Crippen LogP contribution in [-0.4, -0.2) is 36.2 Å². The molecule has 0 fully saturated rings. The van der Waals surface area contributed by atoms with E-state index < -0.39 is 0 Å². The van der Waals surface area contributed by atoms with E-state index >= 15 is 0 Å². The lowest BCUT2D eigenvalue weighted by molar-refractivity contribution is 0.0712. The second-order valence-electron chi connectivity index (χ2n) is 5.13. The number of rotatable bonds is 3. The molecule has 0 aliphatic heterocycles. The molecule has 1 heterocycles. The molecule has 0 bridgehead atoms. The summed E-state index contributed by atoms with van der Waals surface area (Å²) in [6.45, 7) is 4.04. The minimum Gasteiger partial charge on any atom is -0.455 e. The molecule has 19 heavy (non-hydrogen) atoms. The van der Waals surface area contributed by atoms with E-state index in [1.807, 2.05) is 6.92 Å². The summed E-state index contributed by atoms with van der Waals surface area (Å²) in [5.74, 6) is 0.808. The quantitative estimate of drug-likeness (QED) is 0.898. The van der Waals surface area contributed by atoms with Crippen molar-refractivity contribution >= 4 is 11.7 Å². The van der Waals surface area contributed by atoms with Gasteiger partial charge in [-0.25, -0.2) is 0 Å². The molecule has 0 saturated heterocycles. The number of nitrogens with two attached hydrogens (primary N) is 1. The number of aryl methyl sites for hydroxylation is 1.